The zero-order valence-corrected chi connectivity index (χ0v) is 15.5. The van der Waals surface area contributed by atoms with Gasteiger partial charge in [0.15, 0.2) is 11.5 Å². The molecule has 1 aromatic carbocycles. The van der Waals surface area contributed by atoms with Gasteiger partial charge in [0.25, 0.3) is 11.1 Å². The molecular weight excluding hydrogens is 382 g/mol. The number of carbonyl (C=O) groups is 3. The second-order valence-corrected chi connectivity index (χ2v) is 6.32. The van der Waals surface area contributed by atoms with Gasteiger partial charge in [-0.05, 0) is 35.5 Å². The number of methoxy groups -OCH3 is 1. The minimum absolute atomic E-state index is 0.0677. The number of rotatable bonds is 8. The summed E-state index contributed by atoms with van der Waals surface area (Å²) in [5.74, 6) is -0.715. The summed E-state index contributed by atoms with van der Waals surface area (Å²) in [5, 5.41) is 2.15. The summed E-state index contributed by atoms with van der Waals surface area (Å²) in [5.41, 5.74) is 0.484. The van der Waals surface area contributed by atoms with Crippen molar-refractivity contribution in [3.63, 3.8) is 0 Å². The largest absolute Gasteiger partial charge is 0.493 e. The number of hydrogen-bond donors (Lipinski definition) is 1. The van der Waals surface area contributed by atoms with Crippen molar-refractivity contribution in [2.75, 3.05) is 20.2 Å². The fourth-order valence-electron chi connectivity index (χ4n) is 2.24. The van der Waals surface area contributed by atoms with Crippen molar-refractivity contribution in [2.24, 2.45) is 0 Å². The minimum Gasteiger partial charge on any atom is -0.493 e. The molecule has 1 saturated heterocycles. The lowest BCUT2D eigenvalue weighted by Crippen LogP contribution is -2.37. The summed E-state index contributed by atoms with van der Waals surface area (Å²) in [4.78, 5) is 36.8. The van der Waals surface area contributed by atoms with Gasteiger partial charge in [0.2, 0.25) is 5.91 Å². The topological polar surface area (TPSA) is 84.9 Å². The quantitative estimate of drug-likeness (QED) is 0.676. The highest BCUT2D eigenvalue weighted by Gasteiger charge is 2.34. The fourth-order valence-corrected chi connectivity index (χ4v) is 3.11. The van der Waals surface area contributed by atoms with Gasteiger partial charge in [0.1, 0.15) is 0 Å². The molecule has 1 fully saturated rings. The third-order valence-corrected chi connectivity index (χ3v) is 4.46. The van der Waals surface area contributed by atoms with E-state index in [2.05, 4.69) is 10.1 Å². The van der Waals surface area contributed by atoms with E-state index in [9.17, 15) is 23.2 Å². The monoisotopic (exact) mass is 400 g/mol. The molecule has 1 heterocycles. The van der Waals surface area contributed by atoms with Gasteiger partial charge in [0, 0.05) is 19.5 Å². The Hall–Kier alpha value is -2.62. The average molecular weight is 400 g/mol. The molecule has 0 atom stereocenters. The summed E-state index contributed by atoms with van der Waals surface area (Å²) in [6.45, 7) is -1.05. The first-order valence-electron chi connectivity index (χ1n) is 8.00. The van der Waals surface area contributed by atoms with Crippen LogP contribution in [0.4, 0.5) is 13.6 Å². The number of hydrogen-bond acceptors (Lipinski definition) is 6. The Labute approximate surface area is 158 Å². The first-order valence-corrected chi connectivity index (χ1v) is 8.82. The van der Waals surface area contributed by atoms with Crippen LogP contribution in [0.3, 0.4) is 0 Å². The van der Waals surface area contributed by atoms with Gasteiger partial charge in [-0.15, -0.1) is 0 Å². The van der Waals surface area contributed by atoms with Gasteiger partial charge in [0.05, 0.1) is 12.0 Å². The molecule has 0 aromatic heterocycles. The van der Waals surface area contributed by atoms with Crippen molar-refractivity contribution in [1.82, 2.24) is 10.2 Å². The molecule has 0 spiro atoms. The molecule has 7 nitrogen and oxygen atoms in total. The Bertz CT molecular complexity index is 770. The maximum atomic E-state index is 12.4. The number of carbonyl (C=O) groups excluding carboxylic acids is 3. The lowest BCUT2D eigenvalue weighted by atomic mass is 10.2. The van der Waals surface area contributed by atoms with Crippen molar-refractivity contribution in [3.05, 3.63) is 28.7 Å². The van der Waals surface area contributed by atoms with E-state index in [1.807, 2.05) is 0 Å². The van der Waals surface area contributed by atoms with Gasteiger partial charge in [-0.3, -0.25) is 19.3 Å². The maximum absolute atomic E-state index is 12.4. The van der Waals surface area contributed by atoms with Crippen LogP contribution in [0.25, 0.3) is 6.08 Å². The van der Waals surface area contributed by atoms with Crippen molar-refractivity contribution < 1.29 is 32.6 Å². The number of benzene rings is 1. The number of imide groups is 1. The molecule has 0 unspecified atom stereocenters. The van der Waals surface area contributed by atoms with Crippen LogP contribution in [0.2, 0.25) is 0 Å². The average Bonchev–Trinajstić information content (AvgIpc) is 2.89. The highest BCUT2D eigenvalue weighted by molar-refractivity contribution is 8.18. The molecular formula is C17H18F2N2O5S. The molecule has 146 valence electrons. The van der Waals surface area contributed by atoms with E-state index in [1.54, 1.807) is 6.92 Å². The fraction of sp³-hybridized carbons (Fsp3) is 0.353. The SMILES string of the molecule is CCC(=O)NCCN1C(=O)SC(=Cc2ccc(OC(F)F)c(OC)c2)C1=O. The summed E-state index contributed by atoms with van der Waals surface area (Å²) in [7, 11) is 1.30. The summed E-state index contributed by atoms with van der Waals surface area (Å²) in [6.07, 6.45) is 1.78. The van der Waals surface area contributed by atoms with Crippen molar-refractivity contribution in [3.8, 4) is 11.5 Å². The predicted octanol–water partition coefficient (Wildman–Crippen LogP) is 2.86. The summed E-state index contributed by atoms with van der Waals surface area (Å²) >= 11 is 0.763. The first-order chi connectivity index (χ1) is 12.8. The molecule has 1 aliphatic rings. The summed E-state index contributed by atoms with van der Waals surface area (Å²) < 4.78 is 34.1. The van der Waals surface area contributed by atoms with E-state index in [0.29, 0.717) is 12.0 Å². The zero-order chi connectivity index (χ0) is 20.0. The van der Waals surface area contributed by atoms with Crippen LogP contribution >= 0.6 is 11.8 Å². The number of ether oxygens (including phenoxy) is 2. The Morgan fingerprint density at radius 3 is 2.70 bits per heavy atom. The number of alkyl halides is 2. The second-order valence-electron chi connectivity index (χ2n) is 5.33. The van der Waals surface area contributed by atoms with Crippen LogP contribution in [0.5, 0.6) is 11.5 Å². The van der Waals surface area contributed by atoms with Crippen molar-refractivity contribution in [2.45, 2.75) is 20.0 Å². The van der Waals surface area contributed by atoms with Gasteiger partial charge < -0.3 is 14.8 Å². The third-order valence-electron chi connectivity index (χ3n) is 3.55. The zero-order valence-electron chi connectivity index (χ0n) is 14.7. The molecule has 1 N–H and O–H groups in total. The van der Waals surface area contributed by atoms with Crippen molar-refractivity contribution >= 4 is 34.9 Å². The van der Waals surface area contributed by atoms with E-state index in [0.717, 1.165) is 16.7 Å². The van der Waals surface area contributed by atoms with Crippen LogP contribution in [0, 0.1) is 0 Å². The molecule has 0 aliphatic carbocycles. The van der Waals surface area contributed by atoms with Gasteiger partial charge in [-0.25, -0.2) is 0 Å². The molecule has 1 aromatic rings. The first kappa shape index (κ1) is 20.7. The highest BCUT2D eigenvalue weighted by atomic mass is 32.2. The van der Waals surface area contributed by atoms with Crippen LogP contribution in [-0.2, 0) is 9.59 Å². The Morgan fingerprint density at radius 2 is 2.07 bits per heavy atom. The minimum atomic E-state index is -2.99. The van der Waals surface area contributed by atoms with Gasteiger partial charge >= 0.3 is 6.61 Å². The molecule has 3 amide bonds. The lowest BCUT2D eigenvalue weighted by molar-refractivity contribution is -0.124. The van der Waals surface area contributed by atoms with Gasteiger partial charge in [-0.1, -0.05) is 13.0 Å². The van der Waals surface area contributed by atoms with E-state index < -0.39 is 17.8 Å². The Kier molecular flexibility index (Phi) is 7.17. The summed E-state index contributed by atoms with van der Waals surface area (Å²) in [6, 6.07) is 4.18. The van der Waals surface area contributed by atoms with E-state index in [4.69, 9.17) is 4.74 Å². The van der Waals surface area contributed by atoms with E-state index >= 15 is 0 Å². The van der Waals surface area contributed by atoms with Crippen LogP contribution in [-0.4, -0.2) is 48.8 Å². The Morgan fingerprint density at radius 1 is 1.33 bits per heavy atom. The highest BCUT2D eigenvalue weighted by Crippen LogP contribution is 2.34. The van der Waals surface area contributed by atoms with Crippen molar-refractivity contribution in [1.29, 1.82) is 0 Å². The third kappa shape index (κ3) is 5.43. The Balaban J connectivity index is 2.11. The number of nitrogens with zero attached hydrogens (tertiary/aromatic N) is 1. The number of amides is 3. The standard InChI is InChI=1S/C17H18F2N2O5S/c1-3-14(22)20-6-7-21-15(23)13(27-17(21)24)9-10-4-5-11(26-16(18)19)12(8-10)25-2/h4-5,8-9,16H,3,6-7H2,1-2H3,(H,20,22). The van der Waals surface area contributed by atoms with Gasteiger partial charge in [-0.2, -0.15) is 8.78 Å². The van der Waals surface area contributed by atoms with Crippen LogP contribution < -0.4 is 14.8 Å². The molecule has 0 saturated carbocycles. The molecule has 1 aliphatic heterocycles. The molecule has 10 heteroatoms. The predicted molar refractivity (Wildman–Crippen MR) is 95.6 cm³/mol. The van der Waals surface area contributed by atoms with E-state index in [-0.39, 0.29) is 35.4 Å². The normalized spacial score (nSPS) is 15.6. The second kappa shape index (κ2) is 9.36. The molecule has 0 bridgehead atoms. The number of thioether (sulfide) groups is 1. The number of halogens is 2. The molecule has 0 radical (unpaired) electrons. The lowest BCUT2D eigenvalue weighted by Gasteiger charge is -2.12. The maximum Gasteiger partial charge on any atom is 0.387 e. The van der Waals surface area contributed by atoms with E-state index in [1.165, 1.54) is 31.4 Å². The van der Waals surface area contributed by atoms with Crippen LogP contribution in [0.1, 0.15) is 18.9 Å². The van der Waals surface area contributed by atoms with Crippen LogP contribution in [0.15, 0.2) is 23.1 Å². The smallest absolute Gasteiger partial charge is 0.387 e. The number of nitrogens with one attached hydrogen (secondary N) is 1. The molecule has 27 heavy (non-hydrogen) atoms. The molecule has 2 rings (SSSR count).